The largest absolute Gasteiger partial charge is 0.317 e. The lowest BCUT2D eigenvalue weighted by atomic mass is 10.0. The van der Waals surface area contributed by atoms with Crippen LogP contribution in [-0.2, 0) is 0 Å². The van der Waals surface area contributed by atoms with Gasteiger partial charge >= 0.3 is 0 Å². The van der Waals surface area contributed by atoms with E-state index >= 15 is 0 Å². The van der Waals surface area contributed by atoms with Crippen molar-refractivity contribution < 1.29 is 4.39 Å². The second kappa shape index (κ2) is 32.9. The summed E-state index contributed by atoms with van der Waals surface area (Å²) >= 11 is 0. The van der Waals surface area contributed by atoms with Crippen LogP contribution in [0, 0.1) is 0 Å². The van der Waals surface area contributed by atoms with Gasteiger partial charge in [-0.2, -0.15) is 0 Å². The van der Waals surface area contributed by atoms with Crippen LogP contribution in [0.5, 0.6) is 0 Å². The van der Waals surface area contributed by atoms with Crippen LogP contribution in [0.3, 0.4) is 0 Å². The number of unbranched alkanes of at least 4 members (excludes halogenated alkanes) is 26. The van der Waals surface area contributed by atoms with E-state index in [0.29, 0.717) is 0 Å². The van der Waals surface area contributed by atoms with Crippen LogP contribution in [0.1, 0.15) is 187 Å². The van der Waals surface area contributed by atoms with E-state index in [0.717, 1.165) is 12.8 Å². The number of alkyl halides is 1. The second-order valence-corrected chi connectivity index (χ2v) is 11.0. The SMILES string of the molecule is CCCCCCCCCCCCCCCCCCCCNCCCCCCCCCCCCF. The van der Waals surface area contributed by atoms with E-state index in [4.69, 9.17) is 0 Å². The highest BCUT2D eigenvalue weighted by Crippen LogP contribution is 2.14. The van der Waals surface area contributed by atoms with Crippen molar-refractivity contribution in [2.45, 2.75) is 187 Å². The lowest BCUT2D eigenvalue weighted by Gasteiger charge is -2.06. The third-order valence-corrected chi connectivity index (χ3v) is 7.44. The Morgan fingerprint density at radius 3 is 0.824 bits per heavy atom. The molecule has 34 heavy (non-hydrogen) atoms. The van der Waals surface area contributed by atoms with Crippen molar-refractivity contribution in [3.63, 3.8) is 0 Å². The topological polar surface area (TPSA) is 12.0 Å². The molecule has 0 unspecified atom stereocenters. The average Bonchev–Trinajstić information content (AvgIpc) is 2.85. The van der Waals surface area contributed by atoms with E-state index < -0.39 is 0 Å². The van der Waals surface area contributed by atoms with Gasteiger partial charge in [-0.1, -0.05) is 167 Å². The molecule has 0 aliphatic rings. The van der Waals surface area contributed by atoms with Gasteiger partial charge in [-0.3, -0.25) is 4.39 Å². The Morgan fingerprint density at radius 2 is 0.559 bits per heavy atom. The number of rotatable bonds is 31. The van der Waals surface area contributed by atoms with Crippen LogP contribution in [0.15, 0.2) is 0 Å². The normalized spacial score (nSPS) is 11.5. The predicted molar refractivity (Wildman–Crippen MR) is 154 cm³/mol. The van der Waals surface area contributed by atoms with Gasteiger partial charge < -0.3 is 5.32 Å². The molecule has 0 aliphatic heterocycles. The first kappa shape index (κ1) is 33.9. The zero-order valence-electron chi connectivity index (χ0n) is 23.8. The van der Waals surface area contributed by atoms with Crippen LogP contribution in [0.25, 0.3) is 0 Å². The number of hydrogen-bond acceptors (Lipinski definition) is 1. The smallest absolute Gasteiger partial charge is 0.0894 e. The van der Waals surface area contributed by atoms with Crippen molar-refractivity contribution in [3.8, 4) is 0 Å². The highest BCUT2D eigenvalue weighted by Gasteiger charge is 1.96. The third-order valence-electron chi connectivity index (χ3n) is 7.44. The zero-order valence-corrected chi connectivity index (χ0v) is 23.8. The maximum atomic E-state index is 12.0. The molecule has 1 N–H and O–H groups in total. The molecule has 0 fully saturated rings. The molecular weight excluding hydrogens is 417 g/mol. The minimum absolute atomic E-state index is 0.131. The van der Waals surface area contributed by atoms with Crippen LogP contribution in [0.4, 0.5) is 4.39 Å². The molecule has 0 aromatic rings. The zero-order chi connectivity index (χ0) is 24.6. The fourth-order valence-corrected chi connectivity index (χ4v) is 5.04. The average molecular weight is 484 g/mol. The number of hydrogen-bond donors (Lipinski definition) is 1. The van der Waals surface area contributed by atoms with Gasteiger partial charge in [0.05, 0.1) is 6.67 Å². The van der Waals surface area contributed by atoms with E-state index in [2.05, 4.69) is 12.2 Å². The monoisotopic (exact) mass is 484 g/mol. The van der Waals surface area contributed by atoms with E-state index in [1.807, 2.05) is 0 Å². The molecule has 206 valence electrons. The van der Waals surface area contributed by atoms with Crippen LogP contribution >= 0.6 is 0 Å². The molecule has 1 nitrogen and oxygen atoms in total. The van der Waals surface area contributed by atoms with Gasteiger partial charge in [0.25, 0.3) is 0 Å². The molecule has 0 atom stereocenters. The Hall–Kier alpha value is -0.110. The van der Waals surface area contributed by atoms with Crippen molar-refractivity contribution in [1.29, 1.82) is 0 Å². The van der Waals surface area contributed by atoms with Crippen molar-refractivity contribution in [3.05, 3.63) is 0 Å². The highest BCUT2D eigenvalue weighted by molar-refractivity contribution is 4.53. The Balaban J connectivity index is 2.99. The summed E-state index contributed by atoms with van der Waals surface area (Å²) in [5, 5.41) is 3.64. The molecule has 0 aromatic carbocycles. The summed E-state index contributed by atoms with van der Waals surface area (Å²) in [4.78, 5) is 0. The number of halogens is 1. The summed E-state index contributed by atoms with van der Waals surface area (Å²) in [7, 11) is 0. The van der Waals surface area contributed by atoms with Crippen LogP contribution in [0.2, 0.25) is 0 Å². The van der Waals surface area contributed by atoms with Crippen molar-refractivity contribution >= 4 is 0 Å². The maximum absolute atomic E-state index is 12.0. The Kier molecular flexibility index (Phi) is 32.8. The van der Waals surface area contributed by atoms with Crippen molar-refractivity contribution in [2.24, 2.45) is 0 Å². The minimum atomic E-state index is -0.131. The molecule has 0 spiro atoms. The van der Waals surface area contributed by atoms with E-state index in [1.54, 1.807) is 0 Å². The minimum Gasteiger partial charge on any atom is -0.317 e. The van der Waals surface area contributed by atoms with Gasteiger partial charge in [-0.25, -0.2) is 0 Å². The summed E-state index contributed by atoms with van der Waals surface area (Å²) < 4.78 is 12.0. The fraction of sp³-hybridized carbons (Fsp3) is 1.00. The highest BCUT2D eigenvalue weighted by atomic mass is 19.1. The van der Waals surface area contributed by atoms with Gasteiger partial charge in [-0.05, 0) is 32.4 Å². The van der Waals surface area contributed by atoms with Gasteiger partial charge in [-0.15, -0.1) is 0 Å². The molecule has 0 bridgehead atoms. The molecule has 0 aliphatic carbocycles. The van der Waals surface area contributed by atoms with Crippen molar-refractivity contribution in [2.75, 3.05) is 19.8 Å². The predicted octanol–water partition coefficient (Wildman–Crippen LogP) is 11.5. The first-order valence-electron chi connectivity index (χ1n) is 16.2. The van der Waals surface area contributed by atoms with Gasteiger partial charge in [0, 0.05) is 0 Å². The molecule has 0 amide bonds. The fourth-order valence-electron chi connectivity index (χ4n) is 5.04. The summed E-state index contributed by atoms with van der Waals surface area (Å²) in [5.74, 6) is 0. The molecule has 2 heteroatoms. The molecule has 0 saturated carbocycles. The first-order valence-corrected chi connectivity index (χ1v) is 16.2. The van der Waals surface area contributed by atoms with Gasteiger partial charge in [0.15, 0.2) is 0 Å². The van der Waals surface area contributed by atoms with Crippen LogP contribution < -0.4 is 5.32 Å². The lowest BCUT2D eigenvalue weighted by Crippen LogP contribution is -2.16. The Labute approximate surface area is 216 Å². The summed E-state index contributed by atoms with van der Waals surface area (Å²) in [6, 6.07) is 0. The molecule has 0 radical (unpaired) electrons. The van der Waals surface area contributed by atoms with E-state index in [9.17, 15) is 4.39 Å². The van der Waals surface area contributed by atoms with Crippen molar-refractivity contribution in [1.82, 2.24) is 5.32 Å². The van der Waals surface area contributed by atoms with E-state index in [1.165, 1.54) is 180 Å². The quantitative estimate of drug-likeness (QED) is 0.0966. The first-order chi connectivity index (χ1) is 16.9. The summed E-state index contributed by atoms with van der Waals surface area (Å²) in [5.41, 5.74) is 0. The van der Waals surface area contributed by atoms with Crippen LogP contribution in [-0.4, -0.2) is 19.8 Å². The maximum Gasteiger partial charge on any atom is 0.0894 e. The van der Waals surface area contributed by atoms with Gasteiger partial charge in [0.1, 0.15) is 0 Å². The van der Waals surface area contributed by atoms with E-state index in [-0.39, 0.29) is 6.67 Å². The molecular formula is C32H66FN. The molecule has 0 aromatic heterocycles. The summed E-state index contributed by atoms with van der Waals surface area (Å²) in [6.07, 6.45) is 38.8. The molecule has 0 rings (SSSR count). The Bertz CT molecular complexity index is 301. The Morgan fingerprint density at radius 1 is 0.324 bits per heavy atom. The van der Waals surface area contributed by atoms with Gasteiger partial charge in [0.2, 0.25) is 0 Å². The summed E-state index contributed by atoms with van der Waals surface area (Å²) in [6.45, 7) is 4.60. The lowest BCUT2D eigenvalue weighted by molar-refractivity contribution is 0.448. The molecule has 0 heterocycles. The second-order valence-electron chi connectivity index (χ2n) is 11.0. The third kappa shape index (κ3) is 31.9. The standard InChI is InChI=1S/C32H66FN/c1-2-3-4-5-6-7-8-9-10-11-12-13-14-16-19-22-25-28-31-34-32-29-26-23-20-17-15-18-21-24-27-30-33/h34H,2-32H2,1H3. The molecule has 0 saturated heterocycles. The number of nitrogens with one attached hydrogen (secondary N) is 1.